The van der Waals surface area contributed by atoms with Gasteiger partial charge in [-0.25, -0.2) is 4.98 Å². The van der Waals surface area contributed by atoms with Crippen LogP contribution >= 0.6 is 11.8 Å². The topological polar surface area (TPSA) is 91.7 Å². The van der Waals surface area contributed by atoms with E-state index in [-0.39, 0.29) is 17.3 Å². The standard InChI is InChI=1S/C15H17N3O3S/c1-22-8-5-6-11(16-7-8)17-18-13-14(20)9-3-2-4-10(19)12(9)15(13)21/h5-7,9,12,15,21H,2-4H2,1H3,(H,16,17). The first-order valence-corrected chi connectivity index (χ1v) is 8.43. The van der Waals surface area contributed by atoms with Gasteiger partial charge in [-0.05, 0) is 31.2 Å². The third-order valence-electron chi connectivity index (χ3n) is 4.22. The normalized spacial score (nSPS) is 29.7. The van der Waals surface area contributed by atoms with E-state index in [2.05, 4.69) is 15.5 Å². The lowest BCUT2D eigenvalue weighted by atomic mass is 9.80. The fourth-order valence-corrected chi connectivity index (χ4v) is 3.43. The van der Waals surface area contributed by atoms with Gasteiger partial charge in [-0.3, -0.25) is 15.0 Å². The van der Waals surface area contributed by atoms with Crippen molar-refractivity contribution in [2.24, 2.45) is 16.9 Å². The van der Waals surface area contributed by atoms with Crippen molar-refractivity contribution in [2.45, 2.75) is 30.3 Å². The van der Waals surface area contributed by atoms with Gasteiger partial charge in [0.25, 0.3) is 0 Å². The van der Waals surface area contributed by atoms with Gasteiger partial charge in [-0.1, -0.05) is 0 Å². The van der Waals surface area contributed by atoms with Crippen molar-refractivity contribution in [2.75, 3.05) is 11.7 Å². The molecule has 0 amide bonds. The first-order valence-electron chi connectivity index (χ1n) is 7.20. The lowest BCUT2D eigenvalue weighted by molar-refractivity contribution is -0.132. The molecule has 2 fully saturated rings. The Kier molecular flexibility index (Phi) is 4.26. The number of thioether (sulfide) groups is 1. The number of rotatable bonds is 3. The average molecular weight is 319 g/mol. The van der Waals surface area contributed by atoms with Gasteiger partial charge in [0.1, 0.15) is 23.4 Å². The molecule has 2 aliphatic carbocycles. The number of hydrogen-bond acceptors (Lipinski definition) is 7. The Morgan fingerprint density at radius 1 is 1.41 bits per heavy atom. The van der Waals surface area contributed by atoms with E-state index in [1.54, 1.807) is 24.0 Å². The number of aliphatic hydroxyl groups is 1. The number of pyridine rings is 1. The van der Waals surface area contributed by atoms with Gasteiger partial charge in [0.2, 0.25) is 0 Å². The van der Waals surface area contributed by atoms with E-state index in [1.165, 1.54) is 0 Å². The van der Waals surface area contributed by atoms with Gasteiger partial charge in [-0.15, -0.1) is 11.8 Å². The molecule has 3 unspecified atom stereocenters. The summed E-state index contributed by atoms with van der Waals surface area (Å²) in [4.78, 5) is 29.4. The largest absolute Gasteiger partial charge is 0.386 e. The minimum atomic E-state index is -1.11. The summed E-state index contributed by atoms with van der Waals surface area (Å²) >= 11 is 1.58. The zero-order chi connectivity index (χ0) is 15.7. The maximum absolute atomic E-state index is 12.3. The fourth-order valence-electron chi connectivity index (χ4n) is 3.07. The van der Waals surface area contributed by atoms with Crippen LogP contribution in [-0.2, 0) is 9.59 Å². The number of fused-ring (bicyclic) bond motifs is 1. The molecule has 0 aliphatic heterocycles. The Bertz CT molecular complexity index is 629. The highest BCUT2D eigenvalue weighted by atomic mass is 32.2. The summed E-state index contributed by atoms with van der Waals surface area (Å²) in [6, 6.07) is 3.64. The quantitative estimate of drug-likeness (QED) is 0.648. The van der Waals surface area contributed by atoms with Crippen LogP contribution in [0.1, 0.15) is 19.3 Å². The first-order chi connectivity index (χ1) is 10.6. The molecule has 0 saturated heterocycles. The fraction of sp³-hybridized carbons (Fsp3) is 0.467. The Morgan fingerprint density at radius 3 is 2.86 bits per heavy atom. The van der Waals surface area contributed by atoms with Crippen molar-refractivity contribution in [1.29, 1.82) is 0 Å². The number of hydrazone groups is 1. The maximum atomic E-state index is 12.3. The molecule has 2 N–H and O–H groups in total. The van der Waals surface area contributed by atoms with Gasteiger partial charge in [-0.2, -0.15) is 5.10 Å². The summed E-state index contributed by atoms with van der Waals surface area (Å²) in [5, 5.41) is 14.3. The number of aliphatic hydroxyl groups excluding tert-OH is 1. The van der Waals surface area contributed by atoms with Gasteiger partial charge in [0, 0.05) is 23.4 Å². The van der Waals surface area contributed by atoms with E-state index in [9.17, 15) is 14.7 Å². The van der Waals surface area contributed by atoms with Crippen LogP contribution in [0, 0.1) is 11.8 Å². The molecule has 2 aliphatic rings. The number of anilines is 1. The van der Waals surface area contributed by atoms with Crippen molar-refractivity contribution in [1.82, 2.24) is 4.98 Å². The zero-order valence-electron chi connectivity index (χ0n) is 12.2. The van der Waals surface area contributed by atoms with Crippen LogP contribution in [0.5, 0.6) is 0 Å². The van der Waals surface area contributed by atoms with Crippen LogP contribution < -0.4 is 5.43 Å². The highest BCUT2D eigenvalue weighted by Gasteiger charge is 2.51. The monoisotopic (exact) mass is 319 g/mol. The van der Waals surface area contributed by atoms with Gasteiger partial charge in [0.15, 0.2) is 5.78 Å². The Balaban J connectivity index is 1.78. The van der Waals surface area contributed by atoms with Crippen LogP contribution in [0.25, 0.3) is 0 Å². The van der Waals surface area contributed by atoms with E-state index < -0.39 is 17.9 Å². The van der Waals surface area contributed by atoms with Crippen LogP contribution in [0.4, 0.5) is 5.82 Å². The predicted molar refractivity (Wildman–Crippen MR) is 83.9 cm³/mol. The molecule has 6 nitrogen and oxygen atoms in total. The number of ketones is 2. The van der Waals surface area contributed by atoms with Crippen molar-refractivity contribution in [3.63, 3.8) is 0 Å². The molecule has 1 aromatic heterocycles. The summed E-state index contributed by atoms with van der Waals surface area (Å²) in [7, 11) is 0. The van der Waals surface area contributed by atoms with Gasteiger partial charge < -0.3 is 5.11 Å². The summed E-state index contributed by atoms with van der Waals surface area (Å²) in [5.74, 6) is -0.799. The molecule has 0 spiro atoms. The van der Waals surface area contributed by atoms with Crippen LogP contribution in [0.2, 0.25) is 0 Å². The summed E-state index contributed by atoms with van der Waals surface area (Å²) in [6.07, 6.45) is 4.33. The van der Waals surface area contributed by atoms with Crippen molar-refractivity contribution < 1.29 is 14.7 Å². The second kappa shape index (κ2) is 6.18. The maximum Gasteiger partial charge on any atom is 0.185 e. The highest BCUT2D eigenvalue weighted by Crippen LogP contribution is 2.37. The van der Waals surface area contributed by atoms with E-state index in [0.29, 0.717) is 25.1 Å². The summed E-state index contributed by atoms with van der Waals surface area (Å²) < 4.78 is 0. The predicted octanol–water partition coefficient (Wildman–Crippen LogP) is 1.50. The summed E-state index contributed by atoms with van der Waals surface area (Å²) in [5.41, 5.74) is 2.74. The Hall–Kier alpha value is -1.73. The number of aromatic nitrogens is 1. The molecule has 0 radical (unpaired) electrons. The van der Waals surface area contributed by atoms with E-state index in [0.717, 1.165) is 4.90 Å². The number of nitrogens with zero attached hydrogens (tertiary/aromatic N) is 2. The number of Topliss-reactive ketones (excluding diaryl/α,β-unsaturated/α-hetero) is 2. The van der Waals surface area contributed by atoms with Crippen LogP contribution in [-0.4, -0.2) is 39.7 Å². The molecule has 2 saturated carbocycles. The molecule has 1 aromatic rings. The molecule has 116 valence electrons. The van der Waals surface area contributed by atoms with E-state index >= 15 is 0 Å². The molecule has 0 aromatic carbocycles. The van der Waals surface area contributed by atoms with Crippen LogP contribution in [0.3, 0.4) is 0 Å². The van der Waals surface area contributed by atoms with E-state index in [1.807, 2.05) is 12.3 Å². The molecular formula is C15H17N3O3S. The van der Waals surface area contributed by atoms with Gasteiger partial charge >= 0.3 is 0 Å². The third-order valence-corrected chi connectivity index (χ3v) is 4.93. The first kappa shape index (κ1) is 15.2. The SMILES string of the molecule is CSc1ccc(NN=C2C(=O)C3CCCC(=O)C3C2O)nc1. The molecule has 3 atom stereocenters. The minimum Gasteiger partial charge on any atom is -0.386 e. The molecule has 7 heteroatoms. The second-order valence-corrected chi connectivity index (χ2v) is 6.37. The highest BCUT2D eigenvalue weighted by molar-refractivity contribution is 7.98. The zero-order valence-corrected chi connectivity index (χ0v) is 13.0. The lowest BCUT2D eigenvalue weighted by Gasteiger charge is -2.23. The van der Waals surface area contributed by atoms with Crippen molar-refractivity contribution in [3.8, 4) is 0 Å². The van der Waals surface area contributed by atoms with E-state index in [4.69, 9.17) is 0 Å². The van der Waals surface area contributed by atoms with Crippen molar-refractivity contribution in [3.05, 3.63) is 18.3 Å². The molecule has 22 heavy (non-hydrogen) atoms. The number of carbonyl (C=O) groups is 2. The molecule has 0 bridgehead atoms. The molecule has 1 heterocycles. The Labute approximate surface area is 132 Å². The van der Waals surface area contributed by atoms with Crippen molar-refractivity contribution >= 4 is 34.9 Å². The minimum absolute atomic E-state index is 0.0373. The third kappa shape index (κ3) is 2.66. The Morgan fingerprint density at radius 2 is 2.23 bits per heavy atom. The average Bonchev–Trinajstić information content (AvgIpc) is 2.78. The molecular weight excluding hydrogens is 302 g/mol. The lowest BCUT2D eigenvalue weighted by Crippen LogP contribution is -2.33. The number of nitrogens with one attached hydrogen (secondary N) is 1. The number of carbonyl (C=O) groups excluding carboxylic acids is 2. The second-order valence-electron chi connectivity index (χ2n) is 5.49. The smallest absolute Gasteiger partial charge is 0.185 e. The van der Waals surface area contributed by atoms with Gasteiger partial charge in [0.05, 0.1) is 5.92 Å². The van der Waals surface area contributed by atoms with Crippen LogP contribution in [0.15, 0.2) is 28.3 Å². The number of hydrogen-bond donors (Lipinski definition) is 2. The molecule has 3 rings (SSSR count). The summed E-state index contributed by atoms with van der Waals surface area (Å²) in [6.45, 7) is 0.